The number of hydrogen-bond acceptors (Lipinski definition) is 7. The quantitative estimate of drug-likeness (QED) is 0.235. The molecule has 0 aromatic heterocycles. The summed E-state index contributed by atoms with van der Waals surface area (Å²) >= 11 is 0. The molecule has 0 unspecified atom stereocenters. The molecule has 0 saturated heterocycles. The molecule has 28 heavy (non-hydrogen) atoms. The summed E-state index contributed by atoms with van der Waals surface area (Å²) in [6.45, 7) is 3.40. The topological polar surface area (TPSA) is 128 Å². The number of phenols is 1. The van der Waals surface area contributed by atoms with E-state index in [1.54, 1.807) is 12.1 Å². The molecule has 1 atom stereocenters. The molecule has 9 heteroatoms. The Balaban J connectivity index is 2.12. The lowest BCUT2D eigenvalue weighted by Gasteiger charge is -2.17. The van der Waals surface area contributed by atoms with Gasteiger partial charge in [-0.15, -0.1) is 0 Å². The SMILES string of the molecule is C=CCOC(=O)N[C@@H](Cc1ccc(O)cc1)C(=O)Oc1ccc([N+](=O)[O-])cc1. The predicted molar refractivity (Wildman–Crippen MR) is 99.0 cm³/mol. The minimum absolute atomic E-state index is 0.0326. The van der Waals surface area contributed by atoms with Crippen molar-refractivity contribution in [1.29, 1.82) is 0 Å². The number of nitro benzene ring substituents is 1. The molecule has 146 valence electrons. The van der Waals surface area contributed by atoms with Gasteiger partial charge in [-0.2, -0.15) is 0 Å². The Labute approximate surface area is 160 Å². The predicted octanol–water partition coefficient (Wildman–Crippen LogP) is 2.73. The largest absolute Gasteiger partial charge is 0.508 e. The highest BCUT2D eigenvalue weighted by molar-refractivity contribution is 5.83. The van der Waals surface area contributed by atoms with Crippen LogP contribution in [0.5, 0.6) is 11.5 Å². The summed E-state index contributed by atoms with van der Waals surface area (Å²) in [6, 6.07) is 9.96. The molecule has 2 rings (SSSR count). The highest BCUT2D eigenvalue weighted by Crippen LogP contribution is 2.18. The fourth-order valence-corrected chi connectivity index (χ4v) is 2.20. The maximum Gasteiger partial charge on any atom is 0.408 e. The number of esters is 1. The molecule has 0 radical (unpaired) electrons. The Morgan fingerprint density at radius 1 is 1.18 bits per heavy atom. The summed E-state index contributed by atoms with van der Waals surface area (Å²) in [5.74, 6) is -0.628. The minimum atomic E-state index is -1.09. The fraction of sp³-hybridized carbons (Fsp3) is 0.158. The number of non-ortho nitro benzene ring substituents is 1. The molecular formula is C19H18N2O7. The number of nitro groups is 1. The summed E-state index contributed by atoms with van der Waals surface area (Å²) in [6.07, 6.45) is 0.628. The van der Waals surface area contributed by atoms with E-state index in [0.717, 1.165) is 0 Å². The zero-order chi connectivity index (χ0) is 20.5. The number of phenolic OH excluding ortho intramolecular Hbond substituents is 1. The Kier molecular flexibility index (Phi) is 7.09. The summed E-state index contributed by atoms with van der Waals surface area (Å²) in [5, 5.41) is 22.5. The van der Waals surface area contributed by atoms with E-state index < -0.39 is 23.0 Å². The number of alkyl carbamates (subject to hydrolysis) is 1. The summed E-state index contributed by atoms with van der Waals surface area (Å²) in [4.78, 5) is 34.5. The molecule has 2 aromatic rings. The van der Waals surface area contributed by atoms with Crippen LogP contribution in [0.1, 0.15) is 5.56 Å². The number of ether oxygens (including phenoxy) is 2. The maximum atomic E-state index is 12.5. The van der Waals surface area contributed by atoms with Crippen LogP contribution in [0, 0.1) is 10.1 Å². The Morgan fingerprint density at radius 3 is 2.39 bits per heavy atom. The zero-order valence-electron chi connectivity index (χ0n) is 14.7. The van der Waals surface area contributed by atoms with Crippen LogP contribution >= 0.6 is 0 Å². The van der Waals surface area contributed by atoms with E-state index >= 15 is 0 Å². The molecule has 0 aliphatic carbocycles. The van der Waals surface area contributed by atoms with E-state index in [-0.39, 0.29) is 30.2 Å². The lowest BCUT2D eigenvalue weighted by atomic mass is 10.1. The number of benzene rings is 2. The number of nitrogens with one attached hydrogen (secondary N) is 1. The van der Waals surface area contributed by atoms with Crippen LogP contribution in [0.3, 0.4) is 0 Å². The first-order valence-electron chi connectivity index (χ1n) is 8.17. The molecular weight excluding hydrogens is 368 g/mol. The van der Waals surface area contributed by atoms with Gasteiger partial charge in [0.05, 0.1) is 4.92 Å². The lowest BCUT2D eigenvalue weighted by molar-refractivity contribution is -0.384. The number of amides is 1. The van der Waals surface area contributed by atoms with Crippen molar-refractivity contribution >= 4 is 17.7 Å². The zero-order valence-corrected chi connectivity index (χ0v) is 14.7. The van der Waals surface area contributed by atoms with Crippen molar-refractivity contribution < 1.29 is 29.1 Å². The van der Waals surface area contributed by atoms with Crippen molar-refractivity contribution in [2.24, 2.45) is 0 Å². The number of carbonyl (C=O) groups excluding carboxylic acids is 2. The Hall–Kier alpha value is -3.88. The molecule has 0 aliphatic heterocycles. The van der Waals surface area contributed by atoms with Gasteiger partial charge in [0.25, 0.3) is 5.69 Å². The van der Waals surface area contributed by atoms with Crippen LogP contribution in [-0.2, 0) is 16.0 Å². The fourth-order valence-electron chi connectivity index (χ4n) is 2.20. The van der Waals surface area contributed by atoms with Crippen LogP contribution in [-0.4, -0.2) is 34.7 Å². The first kappa shape index (κ1) is 20.4. The standard InChI is InChI=1S/C19H18N2O7/c1-2-11-27-19(24)20-17(12-13-3-7-15(22)8-4-13)18(23)28-16-9-5-14(6-10-16)21(25)26/h2-10,17,22H,1,11-12H2,(H,20,24)/t17-/m0/s1. The van der Waals surface area contributed by atoms with E-state index in [9.17, 15) is 24.8 Å². The smallest absolute Gasteiger partial charge is 0.408 e. The third kappa shape index (κ3) is 6.13. The van der Waals surface area contributed by atoms with Gasteiger partial charge < -0.3 is 19.9 Å². The van der Waals surface area contributed by atoms with E-state index in [2.05, 4.69) is 11.9 Å². The molecule has 0 spiro atoms. The highest BCUT2D eigenvalue weighted by atomic mass is 16.6. The van der Waals surface area contributed by atoms with Crippen molar-refractivity contribution in [3.05, 3.63) is 76.9 Å². The molecule has 0 saturated carbocycles. The summed E-state index contributed by atoms with van der Waals surface area (Å²) < 4.78 is 10.0. The molecule has 0 aliphatic rings. The molecule has 0 bridgehead atoms. The average Bonchev–Trinajstić information content (AvgIpc) is 2.68. The van der Waals surface area contributed by atoms with E-state index in [0.29, 0.717) is 5.56 Å². The average molecular weight is 386 g/mol. The van der Waals surface area contributed by atoms with Gasteiger partial charge in [-0.05, 0) is 29.8 Å². The number of nitrogens with zero attached hydrogens (tertiary/aromatic N) is 1. The van der Waals surface area contributed by atoms with Gasteiger partial charge in [0.1, 0.15) is 24.1 Å². The van der Waals surface area contributed by atoms with Gasteiger partial charge in [0.2, 0.25) is 0 Å². The van der Waals surface area contributed by atoms with Crippen molar-refractivity contribution in [2.75, 3.05) is 6.61 Å². The van der Waals surface area contributed by atoms with Gasteiger partial charge in [0, 0.05) is 18.6 Å². The Morgan fingerprint density at radius 2 is 1.82 bits per heavy atom. The first-order chi connectivity index (χ1) is 13.4. The van der Waals surface area contributed by atoms with E-state index in [4.69, 9.17) is 9.47 Å². The maximum absolute atomic E-state index is 12.5. The second-order valence-electron chi connectivity index (χ2n) is 5.63. The monoisotopic (exact) mass is 386 g/mol. The van der Waals surface area contributed by atoms with Crippen LogP contribution in [0.15, 0.2) is 61.2 Å². The van der Waals surface area contributed by atoms with Crippen LogP contribution < -0.4 is 10.1 Å². The second-order valence-corrected chi connectivity index (χ2v) is 5.63. The van der Waals surface area contributed by atoms with Gasteiger partial charge in [0.15, 0.2) is 0 Å². The normalized spacial score (nSPS) is 11.1. The third-order valence-electron chi connectivity index (χ3n) is 3.55. The van der Waals surface area contributed by atoms with Crippen LogP contribution in [0.2, 0.25) is 0 Å². The lowest BCUT2D eigenvalue weighted by Crippen LogP contribution is -2.44. The highest BCUT2D eigenvalue weighted by Gasteiger charge is 2.24. The van der Waals surface area contributed by atoms with Crippen LogP contribution in [0.4, 0.5) is 10.5 Å². The van der Waals surface area contributed by atoms with E-state index in [1.165, 1.54) is 42.5 Å². The minimum Gasteiger partial charge on any atom is -0.508 e. The number of rotatable bonds is 8. The second kappa shape index (κ2) is 9.72. The van der Waals surface area contributed by atoms with Gasteiger partial charge in [-0.1, -0.05) is 24.8 Å². The Bertz CT molecular complexity index is 848. The third-order valence-corrected chi connectivity index (χ3v) is 3.55. The van der Waals surface area contributed by atoms with Gasteiger partial charge in [-0.3, -0.25) is 10.1 Å². The summed E-state index contributed by atoms with van der Waals surface area (Å²) in [5.41, 5.74) is 0.513. The molecule has 2 N–H and O–H groups in total. The molecule has 0 fully saturated rings. The van der Waals surface area contributed by atoms with Crippen molar-refractivity contribution in [2.45, 2.75) is 12.5 Å². The van der Waals surface area contributed by atoms with Gasteiger partial charge >= 0.3 is 12.1 Å². The summed E-state index contributed by atoms with van der Waals surface area (Å²) in [7, 11) is 0. The van der Waals surface area contributed by atoms with Crippen LogP contribution in [0.25, 0.3) is 0 Å². The molecule has 9 nitrogen and oxygen atoms in total. The molecule has 0 heterocycles. The van der Waals surface area contributed by atoms with Crippen molar-refractivity contribution in [3.8, 4) is 11.5 Å². The number of hydrogen-bond donors (Lipinski definition) is 2. The van der Waals surface area contributed by atoms with Crippen molar-refractivity contribution in [3.63, 3.8) is 0 Å². The first-order valence-corrected chi connectivity index (χ1v) is 8.17. The number of aromatic hydroxyl groups is 1. The molecule has 1 amide bonds. The van der Waals surface area contributed by atoms with Crippen molar-refractivity contribution in [1.82, 2.24) is 5.32 Å². The van der Waals surface area contributed by atoms with Gasteiger partial charge in [-0.25, -0.2) is 9.59 Å². The number of carbonyl (C=O) groups is 2. The van der Waals surface area contributed by atoms with E-state index in [1.807, 2.05) is 0 Å². The molecule has 2 aromatic carbocycles.